The van der Waals surface area contributed by atoms with E-state index in [0.717, 1.165) is 24.3 Å². The predicted molar refractivity (Wildman–Crippen MR) is 121 cm³/mol. The van der Waals surface area contributed by atoms with E-state index in [9.17, 15) is 9.59 Å². The van der Waals surface area contributed by atoms with E-state index in [1.54, 1.807) is 18.3 Å². The predicted octanol–water partition coefficient (Wildman–Crippen LogP) is 2.92. The number of benzene rings is 1. The van der Waals surface area contributed by atoms with Crippen molar-refractivity contribution in [2.45, 2.75) is 30.7 Å². The topological polar surface area (TPSA) is 65.5 Å². The fourth-order valence-corrected chi connectivity index (χ4v) is 4.68. The molecule has 1 N–H and O–H groups in total. The van der Waals surface area contributed by atoms with Crippen molar-refractivity contribution in [3.63, 3.8) is 0 Å². The molecule has 2 amide bonds. The van der Waals surface area contributed by atoms with Gasteiger partial charge in [-0.2, -0.15) is 0 Å². The lowest BCUT2D eigenvalue weighted by Gasteiger charge is -2.35. The summed E-state index contributed by atoms with van der Waals surface area (Å²) < 4.78 is 0. The minimum atomic E-state index is -0.702. The molecule has 0 unspecified atom stereocenters. The minimum absolute atomic E-state index is 0.0647. The van der Waals surface area contributed by atoms with Crippen molar-refractivity contribution in [3.05, 3.63) is 63.9 Å². The van der Waals surface area contributed by atoms with Crippen molar-refractivity contribution in [3.8, 4) is 0 Å². The highest BCUT2D eigenvalue weighted by molar-refractivity contribution is 6.35. The third-order valence-corrected chi connectivity index (χ3v) is 6.74. The molecule has 1 aliphatic carbocycles. The lowest BCUT2D eigenvalue weighted by atomic mass is 9.94. The second kappa shape index (κ2) is 9.15. The second-order valence-electron chi connectivity index (χ2n) is 8.39. The first-order chi connectivity index (χ1) is 14.9. The second-order valence-corrected chi connectivity index (χ2v) is 9.23. The van der Waals surface area contributed by atoms with Crippen molar-refractivity contribution < 1.29 is 9.59 Å². The number of carbonyl (C=O) groups is 2. The van der Waals surface area contributed by atoms with Crippen LogP contribution in [0.1, 0.15) is 24.1 Å². The van der Waals surface area contributed by atoms with Crippen molar-refractivity contribution in [1.82, 2.24) is 20.1 Å². The highest BCUT2D eigenvalue weighted by atomic mass is 35.5. The Bertz CT molecular complexity index is 957. The molecule has 1 aromatic carbocycles. The van der Waals surface area contributed by atoms with Gasteiger partial charge < -0.3 is 15.1 Å². The lowest BCUT2D eigenvalue weighted by Crippen LogP contribution is -2.56. The Morgan fingerprint density at radius 2 is 1.87 bits per heavy atom. The molecule has 2 fully saturated rings. The minimum Gasteiger partial charge on any atom is -0.343 e. The maximum absolute atomic E-state index is 13.4. The van der Waals surface area contributed by atoms with E-state index in [0.29, 0.717) is 42.4 Å². The van der Waals surface area contributed by atoms with E-state index in [4.69, 9.17) is 23.2 Å². The molecule has 0 spiro atoms. The van der Waals surface area contributed by atoms with Gasteiger partial charge in [-0.1, -0.05) is 35.3 Å². The Hall–Kier alpha value is -2.15. The number of nitrogens with one attached hydrogen (secondary N) is 1. The fourth-order valence-electron chi connectivity index (χ4n) is 4.09. The molecular formula is C23H26Cl2N4O2. The highest BCUT2D eigenvalue weighted by Gasteiger charge is 2.53. The van der Waals surface area contributed by atoms with Gasteiger partial charge in [-0.15, -0.1) is 0 Å². The molecule has 1 atom stereocenters. The number of halogens is 2. The van der Waals surface area contributed by atoms with Gasteiger partial charge in [0.25, 0.3) is 0 Å². The van der Waals surface area contributed by atoms with Crippen LogP contribution in [0, 0.1) is 0 Å². The summed E-state index contributed by atoms with van der Waals surface area (Å²) in [6.45, 7) is 2.94. The van der Waals surface area contributed by atoms with Gasteiger partial charge in [-0.3, -0.25) is 14.6 Å². The first-order valence-electron chi connectivity index (χ1n) is 10.5. The third-order valence-electron chi connectivity index (χ3n) is 6.19. The van der Waals surface area contributed by atoms with Crippen LogP contribution in [0.15, 0.2) is 42.6 Å². The molecule has 0 bridgehead atoms. The summed E-state index contributed by atoms with van der Waals surface area (Å²) in [6.07, 6.45) is 3.44. The Morgan fingerprint density at radius 1 is 1.13 bits per heavy atom. The Kier molecular flexibility index (Phi) is 6.51. The molecule has 8 heteroatoms. The average Bonchev–Trinajstić information content (AvgIpc) is 3.56. The van der Waals surface area contributed by atoms with Crippen LogP contribution in [-0.4, -0.2) is 65.9 Å². The summed E-state index contributed by atoms with van der Waals surface area (Å²) in [5.74, 6) is -0.231. The van der Waals surface area contributed by atoms with Crippen LogP contribution in [0.5, 0.6) is 0 Å². The molecule has 1 saturated heterocycles. The van der Waals surface area contributed by atoms with Gasteiger partial charge in [0, 0.05) is 54.5 Å². The molecular weight excluding hydrogens is 435 g/mol. The monoisotopic (exact) mass is 460 g/mol. The largest absolute Gasteiger partial charge is 0.343 e. The van der Waals surface area contributed by atoms with Crippen molar-refractivity contribution in [2.75, 3.05) is 33.2 Å². The Balaban J connectivity index is 1.55. The van der Waals surface area contributed by atoms with E-state index >= 15 is 0 Å². The number of piperazine rings is 1. The maximum atomic E-state index is 13.4. The number of carbonyl (C=O) groups excluding carboxylic acids is 2. The van der Waals surface area contributed by atoms with Crippen LogP contribution in [0.2, 0.25) is 10.0 Å². The SMILES string of the molecule is CN1CCN(C(=O)[C@H](Cc2ccccn2)NC(=O)C2(c3ccc(Cl)cc3Cl)CC2)CC1. The van der Waals surface area contributed by atoms with Crippen LogP contribution in [0.3, 0.4) is 0 Å². The van der Waals surface area contributed by atoms with Crippen LogP contribution in [-0.2, 0) is 21.4 Å². The molecule has 2 heterocycles. The summed E-state index contributed by atoms with van der Waals surface area (Å²) in [6, 6.07) is 10.1. The standard InChI is InChI=1S/C23H26Cl2N4O2/c1-28-10-12-29(13-11-28)21(30)20(15-17-4-2-3-9-26-17)27-22(31)23(7-8-23)18-6-5-16(24)14-19(18)25/h2-6,9,14,20H,7-8,10-13,15H2,1H3,(H,27,31)/t20-/m0/s1. The molecule has 6 nitrogen and oxygen atoms in total. The van der Waals surface area contributed by atoms with Crippen LogP contribution < -0.4 is 5.32 Å². The number of likely N-dealkylation sites (N-methyl/N-ethyl adjacent to an activating group) is 1. The van der Waals surface area contributed by atoms with Gasteiger partial charge in [0.2, 0.25) is 11.8 Å². The number of hydrogen-bond acceptors (Lipinski definition) is 4. The van der Waals surface area contributed by atoms with E-state index in [2.05, 4.69) is 15.2 Å². The quantitative estimate of drug-likeness (QED) is 0.719. The fraction of sp³-hybridized carbons (Fsp3) is 0.435. The van der Waals surface area contributed by atoms with E-state index in [-0.39, 0.29) is 11.8 Å². The molecule has 2 aromatic rings. The van der Waals surface area contributed by atoms with Gasteiger partial charge in [0.05, 0.1) is 5.41 Å². The smallest absolute Gasteiger partial charge is 0.245 e. The van der Waals surface area contributed by atoms with Crippen molar-refractivity contribution >= 4 is 35.0 Å². The van der Waals surface area contributed by atoms with Crippen LogP contribution in [0.4, 0.5) is 0 Å². The number of nitrogens with zero attached hydrogens (tertiary/aromatic N) is 3. The number of hydrogen-bond donors (Lipinski definition) is 1. The van der Waals surface area contributed by atoms with Gasteiger partial charge in [0.15, 0.2) is 0 Å². The maximum Gasteiger partial charge on any atom is 0.245 e. The van der Waals surface area contributed by atoms with Gasteiger partial charge >= 0.3 is 0 Å². The molecule has 0 radical (unpaired) electrons. The molecule has 1 aromatic heterocycles. The third kappa shape index (κ3) is 4.86. The van der Waals surface area contributed by atoms with E-state index < -0.39 is 11.5 Å². The zero-order chi connectivity index (χ0) is 22.0. The Labute approximate surface area is 192 Å². The molecule has 164 valence electrons. The number of aromatic nitrogens is 1. The molecule has 4 rings (SSSR count). The summed E-state index contributed by atoms with van der Waals surface area (Å²) in [4.78, 5) is 35.2. The molecule has 2 aliphatic rings. The van der Waals surface area contributed by atoms with E-state index in [1.807, 2.05) is 36.2 Å². The van der Waals surface area contributed by atoms with Crippen LogP contribution in [0.25, 0.3) is 0 Å². The number of pyridine rings is 1. The lowest BCUT2D eigenvalue weighted by molar-refractivity contribution is -0.138. The average molecular weight is 461 g/mol. The van der Waals surface area contributed by atoms with Crippen molar-refractivity contribution in [1.29, 1.82) is 0 Å². The molecule has 1 aliphatic heterocycles. The van der Waals surface area contributed by atoms with Gasteiger partial charge in [-0.05, 0) is 49.7 Å². The van der Waals surface area contributed by atoms with E-state index in [1.165, 1.54) is 0 Å². The van der Waals surface area contributed by atoms with Crippen molar-refractivity contribution in [2.24, 2.45) is 0 Å². The zero-order valence-electron chi connectivity index (χ0n) is 17.5. The Morgan fingerprint density at radius 3 is 2.48 bits per heavy atom. The molecule has 31 heavy (non-hydrogen) atoms. The zero-order valence-corrected chi connectivity index (χ0v) is 19.0. The first-order valence-corrected chi connectivity index (χ1v) is 11.3. The molecule has 1 saturated carbocycles. The van der Waals surface area contributed by atoms with Crippen LogP contribution >= 0.6 is 23.2 Å². The van der Waals surface area contributed by atoms with Gasteiger partial charge in [0.1, 0.15) is 6.04 Å². The first kappa shape index (κ1) is 22.1. The summed E-state index contributed by atoms with van der Waals surface area (Å²) in [5, 5.41) is 4.05. The summed E-state index contributed by atoms with van der Waals surface area (Å²) in [7, 11) is 2.04. The van der Waals surface area contributed by atoms with Gasteiger partial charge in [-0.25, -0.2) is 0 Å². The number of rotatable bonds is 6. The normalized spacial score (nSPS) is 19.0. The summed E-state index contributed by atoms with van der Waals surface area (Å²) in [5.41, 5.74) is 0.830. The summed E-state index contributed by atoms with van der Waals surface area (Å²) >= 11 is 12.4. The number of amides is 2. The highest BCUT2D eigenvalue weighted by Crippen LogP contribution is 2.51.